The normalized spacial score (nSPS) is 10.7. The summed E-state index contributed by atoms with van der Waals surface area (Å²) in [6, 6.07) is 13.9. The Kier molecular flexibility index (Phi) is 3.59. The second kappa shape index (κ2) is 5.55. The van der Waals surface area contributed by atoms with Crippen LogP contribution in [-0.2, 0) is 12.4 Å². The Morgan fingerprint density at radius 3 is 2.62 bits per heavy atom. The van der Waals surface area contributed by atoms with Crippen molar-refractivity contribution in [3.8, 4) is 6.07 Å². The summed E-state index contributed by atoms with van der Waals surface area (Å²) < 4.78 is 15.2. The minimum absolute atomic E-state index is 0.257. The van der Waals surface area contributed by atoms with Crippen LogP contribution in [-0.4, -0.2) is 9.55 Å². The molecule has 0 spiro atoms. The standard InChI is InChI=1S/C16H11ClFN3/c17-8-16-20-14-7-13(18)5-6-15(14)21(16)10-12-3-1-11(9-19)2-4-12/h1-7H,8,10H2. The van der Waals surface area contributed by atoms with E-state index < -0.39 is 0 Å². The van der Waals surface area contributed by atoms with Crippen molar-refractivity contribution < 1.29 is 4.39 Å². The number of nitrogens with zero attached hydrogens (tertiary/aromatic N) is 3. The lowest BCUT2D eigenvalue weighted by molar-refractivity contribution is 0.629. The van der Waals surface area contributed by atoms with Gasteiger partial charge in [0.05, 0.1) is 28.5 Å². The lowest BCUT2D eigenvalue weighted by atomic mass is 10.1. The molecular weight excluding hydrogens is 289 g/mol. The van der Waals surface area contributed by atoms with Crippen LogP contribution >= 0.6 is 11.6 Å². The maximum absolute atomic E-state index is 13.3. The molecule has 1 aromatic heterocycles. The Balaban J connectivity index is 2.04. The first-order valence-electron chi connectivity index (χ1n) is 6.41. The molecule has 104 valence electrons. The van der Waals surface area contributed by atoms with Crippen molar-refractivity contribution in [1.29, 1.82) is 5.26 Å². The Labute approximate surface area is 126 Å². The highest BCUT2D eigenvalue weighted by atomic mass is 35.5. The Morgan fingerprint density at radius 1 is 1.19 bits per heavy atom. The third-order valence-electron chi connectivity index (χ3n) is 3.33. The molecule has 5 heteroatoms. The van der Waals surface area contributed by atoms with E-state index in [0.29, 0.717) is 23.4 Å². The number of imidazole rings is 1. The van der Waals surface area contributed by atoms with Crippen molar-refractivity contribution in [3.63, 3.8) is 0 Å². The molecule has 3 nitrogen and oxygen atoms in total. The third-order valence-corrected chi connectivity index (χ3v) is 3.57. The van der Waals surface area contributed by atoms with Crippen molar-refractivity contribution in [2.45, 2.75) is 12.4 Å². The fourth-order valence-electron chi connectivity index (χ4n) is 2.30. The number of nitriles is 1. The molecule has 1 heterocycles. The molecule has 0 fully saturated rings. The number of hydrogen-bond donors (Lipinski definition) is 0. The van der Waals surface area contributed by atoms with Gasteiger partial charge in [0.2, 0.25) is 0 Å². The van der Waals surface area contributed by atoms with Crippen molar-refractivity contribution in [2.24, 2.45) is 0 Å². The highest BCUT2D eigenvalue weighted by Gasteiger charge is 2.11. The van der Waals surface area contributed by atoms with Gasteiger partial charge in [0.1, 0.15) is 11.6 Å². The Hall–Kier alpha value is -2.38. The van der Waals surface area contributed by atoms with Crippen LogP contribution in [0, 0.1) is 17.1 Å². The molecule has 3 rings (SSSR count). The van der Waals surface area contributed by atoms with Gasteiger partial charge in [-0.15, -0.1) is 11.6 Å². The van der Waals surface area contributed by atoms with E-state index in [9.17, 15) is 4.39 Å². The summed E-state index contributed by atoms with van der Waals surface area (Å²) in [5.41, 5.74) is 3.09. The van der Waals surface area contributed by atoms with Crippen molar-refractivity contribution >= 4 is 22.6 Å². The lowest BCUT2D eigenvalue weighted by Gasteiger charge is -2.08. The zero-order valence-corrected chi connectivity index (χ0v) is 11.8. The molecule has 0 saturated heterocycles. The number of aromatic nitrogens is 2. The molecule has 0 atom stereocenters. The van der Waals surface area contributed by atoms with Crippen LogP contribution in [0.15, 0.2) is 42.5 Å². The smallest absolute Gasteiger partial charge is 0.125 e. The van der Waals surface area contributed by atoms with Gasteiger partial charge in [-0.2, -0.15) is 5.26 Å². The highest BCUT2D eigenvalue weighted by Crippen LogP contribution is 2.20. The van der Waals surface area contributed by atoms with Crippen molar-refractivity contribution in [3.05, 3.63) is 65.2 Å². The first-order chi connectivity index (χ1) is 10.2. The third kappa shape index (κ3) is 2.61. The van der Waals surface area contributed by atoms with Crippen LogP contribution in [0.2, 0.25) is 0 Å². The van der Waals surface area contributed by atoms with Gasteiger partial charge in [0, 0.05) is 12.6 Å². The van der Waals surface area contributed by atoms with Crippen LogP contribution in [0.5, 0.6) is 0 Å². The summed E-state index contributed by atoms with van der Waals surface area (Å²) >= 11 is 5.94. The molecule has 0 saturated carbocycles. The van der Waals surface area contributed by atoms with Gasteiger partial charge in [-0.1, -0.05) is 12.1 Å². The van der Waals surface area contributed by atoms with E-state index in [1.165, 1.54) is 12.1 Å². The zero-order chi connectivity index (χ0) is 14.8. The van der Waals surface area contributed by atoms with E-state index >= 15 is 0 Å². The van der Waals surface area contributed by atoms with Gasteiger partial charge in [-0.05, 0) is 29.8 Å². The highest BCUT2D eigenvalue weighted by molar-refractivity contribution is 6.16. The Morgan fingerprint density at radius 2 is 1.95 bits per heavy atom. The molecule has 3 aromatic rings. The van der Waals surface area contributed by atoms with Crippen LogP contribution in [0.25, 0.3) is 11.0 Å². The first kappa shape index (κ1) is 13.6. The number of fused-ring (bicyclic) bond motifs is 1. The molecule has 2 aromatic carbocycles. The minimum Gasteiger partial charge on any atom is -0.322 e. The van der Waals surface area contributed by atoms with Crippen molar-refractivity contribution in [1.82, 2.24) is 9.55 Å². The molecule has 0 unspecified atom stereocenters. The average Bonchev–Trinajstić information content (AvgIpc) is 2.85. The molecule has 0 N–H and O–H groups in total. The fraction of sp³-hybridized carbons (Fsp3) is 0.125. The maximum Gasteiger partial charge on any atom is 0.125 e. The number of benzene rings is 2. The number of halogens is 2. The largest absolute Gasteiger partial charge is 0.322 e. The molecule has 0 bridgehead atoms. The lowest BCUT2D eigenvalue weighted by Crippen LogP contribution is -2.03. The molecule has 0 aliphatic heterocycles. The monoisotopic (exact) mass is 299 g/mol. The van der Waals surface area contributed by atoms with Crippen molar-refractivity contribution in [2.75, 3.05) is 0 Å². The van der Waals surface area contributed by atoms with E-state index in [-0.39, 0.29) is 11.7 Å². The predicted molar refractivity (Wildman–Crippen MR) is 79.5 cm³/mol. The summed E-state index contributed by atoms with van der Waals surface area (Å²) in [6.45, 7) is 0.579. The van der Waals surface area contributed by atoms with Gasteiger partial charge < -0.3 is 4.57 Å². The number of alkyl halides is 1. The molecule has 0 radical (unpaired) electrons. The van der Waals surface area contributed by atoms with Gasteiger partial charge in [0.15, 0.2) is 0 Å². The van der Waals surface area contributed by atoms with E-state index in [4.69, 9.17) is 16.9 Å². The number of rotatable bonds is 3. The summed E-state index contributed by atoms with van der Waals surface area (Å²) in [5.74, 6) is 0.639. The first-order valence-corrected chi connectivity index (χ1v) is 6.94. The second-order valence-electron chi connectivity index (χ2n) is 4.69. The SMILES string of the molecule is N#Cc1ccc(Cn2c(CCl)nc3cc(F)ccc32)cc1. The van der Waals surface area contributed by atoms with E-state index in [0.717, 1.165) is 11.1 Å². The summed E-state index contributed by atoms with van der Waals surface area (Å²) in [7, 11) is 0. The molecule has 0 aliphatic carbocycles. The predicted octanol–water partition coefficient (Wildman–Crippen LogP) is 3.83. The minimum atomic E-state index is -0.313. The zero-order valence-electron chi connectivity index (χ0n) is 11.1. The van der Waals surface area contributed by atoms with Gasteiger partial charge in [-0.3, -0.25) is 0 Å². The summed E-state index contributed by atoms with van der Waals surface area (Å²) in [5, 5.41) is 8.82. The van der Waals surface area contributed by atoms with Crippen LogP contribution in [0.1, 0.15) is 17.0 Å². The second-order valence-corrected chi connectivity index (χ2v) is 4.96. The quantitative estimate of drug-likeness (QED) is 0.690. The van der Waals surface area contributed by atoms with Gasteiger partial charge in [0.25, 0.3) is 0 Å². The maximum atomic E-state index is 13.3. The van der Waals surface area contributed by atoms with Crippen LogP contribution < -0.4 is 0 Å². The topological polar surface area (TPSA) is 41.6 Å². The average molecular weight is 300 g/mol. The van der Waals surface area contributed by atoms with Crippen LogP contribution in [0.3, 0.4) is 0 Å². The molecule has 0 amide bonds. The summed E-state index contributed by atoms with van der Waals surface area (Å²) in [6.07, 6.45) is 0. The molecule has 21 heavy (non-hydrogen) atoms. The van der Waals surface area contributed by atoms with E-state index in [1.54, 1.807) is 18.2 Å². The summed E-state index contributed by atoms with van der Waals surface area (Å²) in [4.78, 5) is 4.36. The van der Waals surface area contributed by atoms with Gasteiger partial charge in [-0.25, -0.2) is 9.37 Å². The molecular formula is C16H11ClFN3. The fourth-order valence-corrected chi connectivity index (χ4v) is 2.50. The number of hydrogen-bond acceptors (Lipinski definition) is 2. The molecule has 0 aliphatic rings. The van der Waals surface area contributed by atoms with E-state index in [2.05, 4.69) is 11.1 Å². The van der Waals surface area contributed by atoms with E-state index in [1.807, 2.05) is 16.7 Å². The van der Waals surface area contributed by atoms with Gasteiger partial charge >= 0.3 is 0 Å². The van der Waals surface area contributed by atoms with Crippen LogP contribution in [0.4, 0.5) is 4.39 Å². The Bertz CT molecular complexity index is 831.